The lowest BCUT2D eigenvalue weighted by atomic mass is 10.2. The van der Waals surface area contributed by atoms with Crippen molar-refractivity contribution in [3.05, 3.63) is 46.4 Å². The number of hydrogen-bond donors (Lipinski definition) is 2. The molecule has 1 unspecified atom stereocenters. The molecule has 2 aromatic heterocycles. The first kappa shape index (κ1) is 15.0. The Balaban J connectivity index is 2.06. The lowest BCUT2D eigenvalue weighted by molar-refractivity contribution is -0.0436. The predicted molar refractivity (Wildman–Crippen MR) is 85.2 cm³/mol. The number of aromatic nitrogens is 4. The quantitative estimate of drug-likeness (QED) is 0.683. The number of nitrogen functional groups attached to an aromatic ring is 1. The first-order chi connectivity index (χ1) is 11.1. The zero-order valence-corrected chi connectivity index (χ0v) is 12.8. The third-order valence-corrected chi connectivity index (χ3v) is 3.42. The number of fused-ring (bicyclic) bond motifs is 1. The summed E-state index contributed by atoms with van der Waals surface area (Å²) in [6, 6.07) is 9.66. The largest absolute Gasteiger partial charge is 0.434 e. The summed E-state index contributed by atoms with van der Waals surface area (Å²) in [7, 11) is 1.51. The van der Waals surface area contributed by atoms with Crippen LogP contribution in [0.5, 0.6) is 6.01 Å². The van der Waals surface area contributed by atoms with Crippen molar-refractivity contribution in [1.82, 2.24) is 19.5 Å². The molecule has 2 heterocycles. The van der Waals surface area contributed by atoms with Crippen molar-refractivity contribution in [1.29, 1.82) is 0 Å². The van der Waals surface area contributed by atoms with E-state index in [4.69, 9.17) is 15.2 Å². The van der Waals surface area contributed by atoms with Gasteiger partial charge in [0.1, 0.15) is 5.52 Å². The zero-order valence-electron chi connectivity index (χ0n) is 12.8. The summed E-state index contributed by atoms with van der Waals surface area (Å²) >= 11 is 0. The number of H-pyrrole nitrogens is 1. The van der Waals surface area contributed by atoms with Crippen molar-refractivity contribution in [2.75, 3.05) is 12.8 Å². The van der Waals surface area contributed by atoms with E-state index in [1.807, 2.05) is 30.3 Å². The smallest absolute Gasteiger partial charge is 0.328 e. The Labute approximate surface area is 131 Å². The van der Waals surface area contributed by atoms with E-state index in [1.165, 1.54) is 11.7 Å². The number of nitrogens with zero attached hydrogens (tertiary/aromatic N) is 3. The second-order valence-corrected chi connectivity index (χ2v) is 5.01. The van der Waals surface area contributed by atoms with Gasteiger partial charge in [0.15, 0.2) is 17.8 Å². The highest BCUT2D eigenvalue weighted by Crippen LogP contribution is 2.19. The van der Waals surface area contributed by atoms with Gasteiger partial charge in [0, 0.05) is 7.11 Å². The van der Waals surface area contributed by atoms with Gasteiger partial charge in [0.05, 0.1) is 6.54 Å². The number of benzene rings is 1. The van der Waals surface area contributed by atoms with Gasteiger partial charge in [-0.15, -0.1) is 0 Å². The Morgan fingerprint density at radius 2 is 2.04 bits per heavy atom. The van der Waals surface area contributed by atoms with Crippen LogP contribution in [0.15, 0.2) is 35.1 Å². The zero-order chi connectivity index (χ0) is 16.4. The molecule has 1 atom stereocenters. The standard InChI is InChI=1S/C15H17N5O3/c1-9(22-2)23-14-18-12(16)11-13(19-14)20(15(21)17-11)8-10-6-4-3-5-7-10/h3-7,9H,8H2,1-2H3,(H,17,21)(H2,16,18,19). The van der Waals surface area contributed by atoms with Crippen LogP contribution < -0.4 is 16.2 Å². The van der Waals surface area contributed by atoms with E-state index in [0.717, 1.165) is 5.56 Å². The van der Waals surface area contributed by atoms with E-state index in [2.05, 4.69) is 15.0 Å². The summed E-state index contributed by atoms with van der Waals surface area (Å²) in [6.07, 6.45) is -0.528. The first-order valence-corrected chi connectivity index (χ1v) is 7.08. The van der Waals surface area contributed by atoms with E-state index in [9.17, 15) is 4.79 Å². The molecule has 0 amide bonds. The number of ether oxygens (including phenoxy) is 2. The molecule has 120 valence electrons. The van der Waals surface area contributed by atoms with Crippen molar-refractivity contribution in [3.63, 3.8) is 0 Å². The SMILES string of the molecule is COC(C)Oc1nc(N)c2[nH]c(=O)n(Cc3ccccc3)c2n1. The molecule has 0 aliphatic heterocycles. The fourth-order valence-corrected chi connectivity index (χ4v) is 2.19. The minimum Gasteiger partial charge on any atom is -0.434 e. The molecule has 0 saturated heterocycles. The molecule has 23 heavy (non-hydrogen) atoms. The van der Waals surface area contributed by atoms with Crippen LogP contribution in [-0.4, -0.2) is 32.9 Å². The highest BCUT2D eigenvalue weighted by molar-refractivity contribution is 5.81. The number of nitrogens with two attached hydrogens (primary N) is 1. The van der Waals surface area contributed by atoms with Gasteiger partial charge in [0.2, 0.25) is 0 Å². The van der Waals surface area contributed by atoms with Crippen LogP contribution >= 0.6 is 0 Å². The van der Waals surface area contributed by atoms with Crippen LogP contribution in [0.25, 0.3) is 11.2 Å². The van der Waals surface area contributed by atoms with Crippen LogP contribution in [0.1, 0.15) is 12.5 Å². The molecular weight excluding hydrogens is 298 g/mol. The average molecular weight is 315 g/mol. The monoisotopic (exact) mass is 315 g/mol. The highest BCUT2D eigenvalue weighted by Gasteiger charge is 2.16. The number of imidazole rings is 1. The van der Waals surface area contributed by atoms with Gasteiger partial charge in [0.25, 0.3) is 0 Å². The minimum atomic E-state index is -0.528. The minimum absolute atomic E-state index is 0.0603. The maximum absolute atomic E-state index is 12.2. The Hall–Kier alpha value is -2.87. The topological polar surface area (TPSA) is 108 Å². The van der Waals surface area contributed by atoms with Crippen LogP contribution in [0.2, 0.25) is 0 Å². The van der Waals surface area contributed by atoms with E-state index >= 15 is 0 Å². The number of hydrogen-bond acceptors (Lipinski definition) is 6. The second-order valence-electron chi connectivity index (χ2n) is 5.01. The van der Waals surface area contributed by atoms with Gasteiger partial charge in [-0.1, -0.05) is 30.3 Å². The molecule has 3 aromatic rings. The van der Waals surface area contributed by atoms with Crippen LogP contribution in [0, 0.1) is 0 Å². The highest BCUT2D eigenvalue weighted by atomic mass is 16.7. The maximum Gasteiger partial charge on any atom is 0.328 e. The molecule has 0 aliphatic carbocycles. The van der Waals surface area contributed by atoms with Gasteiger partial charge in [-0.2, -0.15) is 9.97 Å². The molecule has 8 heteroatoms. The summed E-state index contributed by atoms with van der Waals surface area (Å²) < 4.78 is 11.9. The van der Waals surface area contributed by atoms with Crippen LogP contribution in [-0.2, 0) is 11.3 Å². The molecule has 3 rings (SSSR count). The van der Waals surface area contributed by atoms with E-state index in [1.54, 1.807) is 6.92 Å². The Bertz CT molecular complexity index is 872. The number of methoxy groups -OCH3 is 1. The van der Waals surface area contributed by atoms with Crippen LogP contribution in [0.3, 0.4) is 0 Å². The molecule has 8 nitrogen and oxygen atoms in total. The maximum atomic E-state index is 12.2. The fraction of sp³-hybridized carbons (Fsp3) is 0.267. The summed E-state index contributed by atoms with van der Waals surface area (Å²) in [6.45, 7) is 2.08. The molecule has 1 aromatic carbocycles. The molecule has 0 spiro atoms. The number of rotatable bonds is 5. The van der Waals surface area contributed by atoms with E-state index in [-0.39, 0.29) is 17.5 Å². The summed E-state index contributed by atoms with van der Waals surface area (Å²) in [4.78, 5) is 23.2. The van der Waals surface area contributed by atoms with Crippen molar-refractivity contribution in [2.45, 2.75) is 19.8 Å². The molecule has 3 N–H and O–H groups in total. The molecule has 0 radical (unpaired) electrons. The molecule has 0 fully saturated rings. The van der Waals surface area contributed by atoms with Crippen molar-refractivity contribution < 1.29 is 9.47 Å². The first-order valence-electron chi connectivity index (χ1n) is 7.08. The van der Waals surface area contributed by atoms with Gasteiger partial charge >= 0.3 is 11.7 Å². The van der Waals surface area contributed by atoms with Gasteiger partial charge in [-0.3, -0.25) is 4.57 Å². The normalized spacial score (nSPS) is 12.4. The second kappa shape index (κ2) is 6.09. The van der Waals surface area contributed by atoms with Crippen molar-refractivity contribution >= 4 is 17.0 Å². The fourth-order valence-electron chi connectivity index (χ4n) is 2.19. The van der Waals surface area contributed by atoms with Gasteiger partial charge in [-0.25, -0.2) is 4.79 Å². The molecule has 0 bridgehead atoms. The number of nitrogens with one attached hydrogen (secondary N) is 1. The Morgan fingerprint density at radius 3 is 2.74 bits per heavy atom. The molecular formula is C15H17N5O3. The number of aromatic amines is 1. The van der Waals surface area contributed by atoms with Gasteiger partial charge < -0.3 is 20.2 Å². The Kier molecular flexibility index (Phi) is 3.98. The predicted octanol–water partition coefficient (Wildman–Crippen LogP) is 1.12. The van der Waals surface area contributed by atoms with Gasteiger partial charge in [-0.05, 0) is 12.5 Å². The average Bonchev–Trinajstić information content (AvgIpc) is 2.85. The summed E-state index contributed by atoms with van der Waals surface area (Å²) in [5.41, 5.74) is 7.35. The number of anilines is 1. The summed E-state index contributed by atoms with van der Waals surface area (Å²) in [5, 5.41) is 0. The lowest BCUT2D eigenvalue weighted by Gasteiger charge is -2.11. The third-order valence-electron chi connectivity index (χ3n) is 3.42. The lowest BCUT2D eigenvalue weighted by Crippen LogP contribution is -2.18. The third kappa shape index (κ3) is 3.02. The summed E-state index contributed by atoms with van der Waals surface area (Å²) in [5.74, 6) is 0.150. The van der Waals surface area contributed by atoms with Crippen molar-refractivity contribution in [2.24, 2.45) is 0 Å². The van der Waals surface area contributed by atoms with Crippen LogP contribution in [0.4, 0.5) is 5.82 Å². The Morgan fingerprint density at radius 1 is 1.30 bits per heavy atom. The molecule has 0 saturated carbocycles. The van der Waals surface area contributed by atoms with Crippen molar-refractivity contribution in [3.8, 4) is 6.01 Å². The van der Waals surface area contributed by atoms with E-state index < -0.39 is 6.29 Å². The van der Waals surface area contributed by atoms with E-state index in [0.29, 0.717) is 17.7 Å². The molecule has 0 aliphatic rings.